The van der Waals surface area contributed by atoms with Crippen LogP contribution in [0.4, 0.5) is 5.95 Å². The summed E-state index contributed by atoms with van der Waals surface area (Å²) in [6.45, 7) is 0.912. The molecule has 2 aromatic rings. The fourth-order valence-electron chi connectivity index (χ4n) is 4.41. The van der Waals surface area contributed by atoms with Gasteiger partial charge in [0.15, 0.2) is 0 Å². The van der Waals surface area contributed by atoms with Crippen LogP contribution >= 0.6 is 0 Å². The molecule has 4 rings (SSSR count). The lowest BCUT2D eigenvalue weighted by Crippen LogP contribution is -2.42. The van der Waals surface area contributed by atoms with Crippen LogP contribution in [0.3, 0.4) is 0 Å². The smallest absolute Gasteiger partial charge is 0.255 e. The third-order valence-electron chi connectivity index (χ3n) is 5.70. The molecule has 0 saturated heterocycles. The first-order valence-electron chi connectivity index (χ1n) is 9.35. The van der Waals surface area contributed by atoms with Crippen LogP contribution < -0.4 is 11.3 Å². The number of aromatic nitrogens is 2. The number of nitrogens with two attached hydrogens (primary N) is 1. The second kappa shape index (κ2) is 6.94. The second-order valence-electron chi connectivity index (χ2n) is 7.32. The standard InChI is InChI=1S/C20H24N4O2/c21-20-22-16-12-24(11-10-15(16)18(25)23-20)19(26)17(14-8-4-5-9-14)13-6-2-1-3-7-13/h1-3,6-7,14,17H,4-5,8-12H2,(H3,21,22,23,25)/t17-/m1/s1. The summed E-state index contributed by atoms with van der Waals surface area (Å²) in [5, 5.41) is 0. The van der Waals surface area contributed by atoms with E-state index in [0.29, 0.717) is 36.7 Å². The van der Waals surface area contributed by atoms with Crippen molar-refractivity contribution < 1.29 is 4.79 Å². The lowest BCUT2D eigenvalue weighted by atomic mass is 9.83. The van der Waals surface area contributed by atoms with Crippen molar-refractivity contribution in [3.63, 3.8) is 0 Å². The highest BCUT2D eigenvalue weighted by atomic mass is 16.2. The fraction of sp³-hybridized carbons (Fsp3) is 0.450. The lowest BCUT2D eigenvalue weighted by Gasteiger charge is -2.33. The van der Waals surface area contributed by atoms with Crippen molar-refractivity contribution in [2.24, 2.45) is 5.92 Å². The Kier molecular flexibility index (Phi) is 4.49. The van der Waals surface area contributed by atoms with E-state index in [0.717, 1.165) is 18.4 Å². The Morgan fingerprint density at radius 3 is 2.69 bits per heavy atom. The van der Waals surface area contributed by atoms with Gasteiger partial charge in [0.1, 0.15) is 0 Å². The van der Waals surface area contributed by atoms with Crippen LogP contribution in [0.25, 0.3) is 0 Å². The molecule has 1 atom stereocenters. The molecule has 2 aliphatic rings. The number of carbonyl (C=O) groups is 1. The number of nitrogens with one attached hydrogen (secondary N) is 1. The number of fused-ring (bicyclic) bond motifs is 1. The molecule has 1 aliphatic heterocycles. The average Bonchev–Trinajstić information content (AvgIpc) is 3.16. The van der Waals surface area contributed by atoms with Crippen LogP contribution in [-0.4, -0.2) is 27.3 Å². The SMILES string of the molecule is Nc1nc2c(c(=O)[nH]1)CCN(C(=O)[C@H](c1ccccc1)C1CCCC1)C2. The third kappa shape index (κ3) is 3.11. The van der Waals surface area contributed by atoms with E-state index in [1.54, 1.807) is 0 Å². The zero-order chi connectivity index (χ0) is 18.1. The molecule has 26 heavy (non-hydrogen) atoms. The van der Waals surface area contributed by atoms with E-state index in [2.05, 4.69) is 22.1 Å². The number of rotatable bonds is 3. The van der Waals surface area contributed by atoms with Crippen LogP contribution in [0.5, 0.6) is 0 Å². The maximum absolute atomic E-state index is 13.4. The van der Waals surface area contributed by atoms with E-state index in [-0.39, 0.29) is 23.3 Å². The summed E-state index contributed by atoms with van der Waals surface area (Å²) < 4.78 is 0. The summed E-state index contributed by atoms with van der Waals surface area (Å²) in [6, 6.07) is 10.1. The molecule has 6 heteroatoms. The van der Waals surface area contributed by atoms with Gasteiger partial charge >= 0.3 is 0 Å². The van der Waals surface area contributed by atoms with Crippen molar-refractivity contribution in [3.8, 4) is 0 Å². The van der Waals surface area contributed by atoms with Crippen molar-refractivity contribution in [1.29, 1.82) is 0 Å². The summed E-state index contributed by atoms with van der Waals surface area (Å²) in [6.07, 6.45) is 5.10. The zero-order valence-electron chi connectivity index (χ0n) is 14.8. The van der Waals surface area contributed by atoms with Crippen LogP contribution in [0.15, 0.2) is 35.1 Å². The molecule has 1 aliphatic carbocycles. The Bertz CT molecular complexity index is 856. The van der Waals surface area contributed by atoms with Gasteiger partial charge in [-0.25, -0.2) is 4.98 Å². The Morgan fingerprint density at radius 1 is 1.23 bits per heavy atom. The molecule has 0 unspecified atom stereocenters. The molecule has 1 aromatic heterocycles. The highest BCUT2D eigenvalue weighted by Crippen LogP contribution is 2.39. The number of aromatic amines is 1. The first kappa shape index (κ1) is 16.8. The topological polar surface area (TPSA) is 92.1 Å². The van der Waals surface area contributed by atoms with Gasteiger partial charge in [-0.2, -0.15) is 0 Å². The Labute approximate surface area is 152 Å². The van der Waals surface area contributed by atoms with Gasteiger partial charge in [0.25, 0.3) is 5.56 Å². The van der Waals surface area contributed by atoms with Gasteiger partial charge < -0.3 is 10.6 Å². The van der Waals surface area contributed by atoms with E-state index in [4.69, 9.17) is 5.73 Å². The number of nitrogens with zero attached hydrogens (tertiary/aromatic N) is 2. The predicted octanol–water partition coefficient (Wildman–Crippen LogP) is 2.21. The number of carbonyl (C=O) groups excluding carboxylic acids is 1. The van der Waals surface area contributed by atoms with Crippen molar-refractivity contribution in [1.82, 2.24) is 14.9 Å². The Morgan fingerprint density at radius 2 is 1.96 bits per heavy atom. The van der Waals surface area contributed by atoms with Gasteiger partial charge in [-0.15, -0.1) is 0 Å². The largest absolute Gasteiger partial charge is 0.369 e. The maximum atomic E-state index is 13.4. The summed E-state index contributed by atoms with van der Waals surface area (Å²) in [5.74, 6) is 0.538. The number of amides is 1. The summed E-state index contributed by atoms with van der Waals surface area (Å²) in [5.41, 5.74) is 7.87. The highest BCUT2D eigenvalue weighted by Gasteiger charge is 2.36. The van der Waals surface area contributed by atoms with Gasteiger partial charge in [-0.1, -0.05) is 43.2 Å². The lowest BCUT2D eigenvalue weighted by molar-refractivity contribution is -0.135. The van der Waals surface area contributed by atoms with Gasteiger partial charge in [0.2, 0.25) is 11.9 Å². The van der Waals surface area contributed by atoms with Crippen molar-refractivity contribution >= 4 is 11.9 Å². The summed E-state index contributed by atoms with van der Waals surface area (Å²) in [7, 11) is 0. The molecule has 136 valence electrons. The van der Waals surface area contributed by atoms with E-state index in [1.807, 2.05) is 23.1 Å². The molecule has 1 fully saturated rings. The van der Waals surface area contributed by atoms with Crippen molar-refractivity contribution in [3.05, 3.63) is 57.5 Å². The third-order valence-corrected chi connectivity index (χ3v) is 5.70. The number of hydrogen-bond acceptors (Lipinski definition) is 4. The van der Waals surface area contributed by atoms with E-state index >= 15 is 0 Å². The summed E-state index contributed by atoms with van der Waals surface area (Å²) >= 11 is 0. The van der Waals surface area contributed by atoms with Gasteiger partial charge in [0.05, 0.1) is 18.2 Å². The minimum Gasteiger partial charge on any atom is -0.369 e. The van der Waals surface area contributed by atoms with E-state index in [9.17, 15) is 9.59 Å². The van der Waals surface area contributed by atoms with Crippen molar-refractivity contribution in [2.45, 2.75) is 44.6 Å². The van der Waals surface area contributed by atoms with E-state index in [1.165, 1.54) is 12.8 Å². The van der Waals surface area contributed by atoms with Crippen molar-refractivity contribution in [2.75, 3.05) is 12.3 Å². The molecule has 2 heterocycles. The monoisotopic (exact) mass is 352 g/mol. The predicted molar refractivity (Wildman–Crippen MR) is 99.5 cm³/mol. The first-order chi connectivity index (χ1) is 12.6. The van der Waals surface area contributed by atoms with Gasteiger partial charge in [0, 0.05) is 12.1 Å². The van der Waals surface area contributed by atoms with Gasteiger partial charge in [-0.05, 0) is 30.7 Å². The molecular weight excluding hydrogens is 328 g/mol. The number of H-pyrrole nitrogens is 1. The van der Waals surface area contributed by atoms with E-state index < -0.39 is 0 Å². The normalized spacial score (nSPS) is 18.5. The molecule has 0 radical (unpaired) electrons. The Balaban J connectivity index is 1.63. The van der Waals surface area contributed by atoms with Crippen LogP contribution in [0, 0.1) is 5.92 Å². The Hall–Kier alpha value is -2.63. The number of anilines is 1. The molecule has 0 bridgehead atoms. The quantitative estimate of drug-likeness (QED) is 0.886. The van der Waals surface area contributed by atoms with Crippen LogP contribution in [-0.2, 0) is 17.8 Å². The molecule has 3 N–H and O–H groups in total. The van der Waals surface area contributed by atoms with Crippen LogP contribution in [0.1, 0.15) is 48.4 Å². The zero-order valence-corrected chi connectivity index (χ0v) is 14.8. The first-order valence-corrected chi connectivity index (χ1v) is 9.35. The minimum absolute atomic E-state index is 0.110. The second-order valence-corrected chi connectivity index (χ2v) is 7.32. The molecule has 1 amide bonds. The van der Waals surface area contributed by atoms with Crippen LogP contribution in [0.2, 0.25) is 0 Å². The molecule has 1 aromatic carbocycles. The number of hydrogen-bond donors (Lipinski definition) is 2. The minimum atomic E-state index is -0.185. The number of benzene rings is 1. The average molecular weight is 352 g/mol. The maximum Gasteiger partial charge on any atom is 0.255 e. The molecule has 0 spiro atoms. The molecule has 1 saturated carbocycles. The molecule has 6 nitrogen and oxygen atoms in total. The fourth-order valence-corrected chi connectivity index (χ4v) is 4.41. The summed E-state index contributed by atoms with van der Waals surface area (Å²) in [4.78, 5) is 34.2. The molecular formula is C20H24N4O2. The highest BCUT2D eigenvalue weighted by molar-refractivity contribution is 5.84. The van der Waals surface area contributed by atoms with Gasteiger partial charge in [-0.3, -0.25) is 14.6 Å². The number of nitrogen functional groups attached to an aromatic ring is 1.